The number of nitrogens with zero attached hydrogens (tertiary/aromatic N) is 1. The van der Waals surface area contributed by atoms with E-state index in [2.05, 4.69) is 5.32 Å². The van der Waals surface area contributed by atoms with Gasteiger partial charge in [0.05, 0.1) is 21.6 Å². The Kier molecular flexibility index (Phi) is 5.81. The molecule has 6 nitrogen and oxygen atoms in total. The first-order chi connectivity index (χ1) is 13.2. The van der Waals surface area contributed by atoms with Crippen LogP contribution in [-0.2, 0) is 19.4 Å². The number of rotatable bonds is 5. The van der Waals surface area contributed by atoms with Gasteiger partial charge in [-0.1, -0.05) is 17.7 Å². The van der Waals surface area contributed by atoms with Crippen LogP contribution < -0.4 is 10.2 Å². The van der Waals surface area contributed by atoms with Crippen LogP contribution in [-0.4, -0.2) is 38.3 Å². The van der Waals surface area contributed by atoms with E-state index in [1.807, 2.05) is 31.2 Å². The van der Waals surface area contributed by atoms with Crippen molar-refractivity contribution >= 4 is 44.8 Å². The molecule has 1 unspecified atom stereocenters. The Bertz CT molecular complexity index is 1020. The monoisotopic (exact) mass is 418 g/mol. The molecule has 2 amide bonds. The van der Waals surface area contributed by atoms with Crippen molar-refractivity contribution in [1.82, 2.24) is 0 Å². The smallest absolute Gasteiger partial charge is 0.237 e. The third-order valence-electron chi connectivity index (χ3n) is 4.62. The van der Waals surface area contributed by atoms with E-state index in [0.717, 1.165) is 16.1 Å². The molecule has 0 aromatic heterocycles. The Morgan fingerprint density at radius 3 is 2.54 bits per heavy atom. The molecule has 1 aliphatic rings. The van der Waals surface area contributed by atoms with Gasteiger partial charge in [0, 0.05) is 24.1 Å². The van der Waals surface area contributed by atoms with Gasteiger partial charge in [0.15, 0.2) is 9.84 Å². The number of thioether (sulfide) groups is 1. The van der Waals surface area contributed by atoms with Crippen molar-refractivity contribution in [3.63, 3.8) is 0 Å². The molecular weight excluding hydrogens is 396 g/mol. The first kappa shape index (κ1) is 20.4. The summed E-state index contributed by atoms with van der Waals surface area (Å²) in [6.07, 6.45) is -0.123. The van der Waals surface area contributed by atoms with Gasteiger partial charge >= 0.3 is 0 Å². The minimum absolute atomic E-state index is 0.104. The third kappa shape index (κ3) is 4.39. The highest BCUT2D eigenvalue weighted by Gasteiger charge is 2.25. The zero-order chi connectivity index (χ0) is 20.5. The molecule has 3 rings (SSSR count). The summed E-state index contributed by atoms with van der Waals surface area (Å²) in [6, 6.07) is 12.1. The number of carbonyl (C=O) groups is 2. The SMILES string of the molecule is Cc1ccc(N(C)C(=O)CCS(=O)(=O)c2ccc3c(c2)NC(=O)C(C)S3)cc1. The lowest BCUT2D eigenvalue weighted by Gasteiger charge is -2.22. The lowest BCUT2D eigenvalue weighted by Crippen LogP contribution is -2.28. The molecule has 148 valence electrons. The molecule has 0 saturated carbocycles. The van der Waals surface area contributed by atoms with Crippen LogP contribution in [0.1, 0.15) is 18.9 Å². The quantitative estimate of drug-likeness (QED) is 0.806. The normalized spacial score (nSPS) is 16.2. The van der Waals surface area contributed by atoms with Gasteiger partial charge in [0.2, 0.25) is 11.8 Å². The third-order valence-corrected chi connectivity index (χ3v) is 7.51. The van der Waals surface area contributed by atoms with Crippen molar-refractivity contribution in [2.75, 3.05) is 23.0 Å². The zero-order valence-electron chi connectivity index (χ0n) is 15.9. The van der Waals surface area contributed by atoms with E-state index in [1.54, 1.807) is 20.0 Å². The number of hydrogen-bond donors (Lipinski definition) is 1. The summed E-state index contributed by atoms with van der Waals surface area (Å²) in [6.45, 7) is 3.75. The van der Waals surface area contributed by atoms with Crippen LogP contribution in [0.15, 0.2) is 52.3 Å². The lowest BCUT2D eigenvalue weighted by molar-refractivity contribution is -0.118. The Hall–Kier alpha value is -2.32. The predicted molar refractivity (Wildman–Crippen MR) is 112 cm³/mol. The minimum atomic E-state index is -3.65. The van der Waals surface area contributed by atoms with Gasteiger partial charge in [-0.05, 0) is 44.2 Å². The molecule has 2 aromatic rings. The van der Waals surface area contributed by atoms with Crippen molar-refractivity contribution in [3.8, 4) is 0 Å². The molecule has 2 aromatic carbocycles. The molecule has 0 spiro atoms. The van der Waals surface area contributed by atoms with Crippen LogP contribution in [0, 0.1) is 6.92 Å². The number of aryl methyl sites for hydroxylation is 1. The summed E-state index contributed by atoms with van der Waals surface area (Å²) in [7, 11) is -2.02. The highest BCUT2D eigenvalue weighted by molar-refractivity contribution is 8.01. The second-order valence-electron chi connectivity index (χ2n) is 6.76. The van der Waals surface area contributed by atoms with E-state index < -0.39 is 9.84 Å². The average Bonchev–Trinajstić information content (AvgIpc) is 2.66. The van der Waals surface area contributed by atoms with Gasteiger partial charge in [0.1, 0.15) is 0 Å². The number of nitrogens with one attached hydrogen (secondary N) is 1. The van der Waals surface area contributed by atoms with Crippen LogP contribution in [0.3, 0.4) is 0 Å². The van der Waals surface area contributed by atoms with Crippen LogP contribution >= 0.6 is 11.8 Å². The molecule has 0 bridgehead atoms. The number of carbonyl (C=O) groups excluding carboxylic acids is 2. The standard InChI is InChI=1S/C20H22N2O4S2/c1-13-4-6-15(7-5-13)22(3)19(23)10-11-28(25,26)16-8-9-18-17(12-16)21-20(24)14(2)27-18/h4-9,12,14H,10-11H2,1-3H3,(H,21,24). The number of anilines is 2. The second kappa shape index (κ2) is 7.97. The maximum Gasteiger partial charge on any atom is 0.237 e. The summed E-state index contributed by atoms with van der Waals surface area (Å²) < 4.78 is 25.4. The molecule has 0 saturated heterocycles. The molecular formula is C20H22N2O4S2. The zero-order valence-corrected chi connectivity index (χ0v) is 17.6. The molecule has 0 aliphatic carbocycles. The molecule has 1 heterocycles. The fourth-order valence-corrected chi connectivity index (χ4v) is 4.98. The molecule has 1 N–H and O–H groups in total. The van der Waals surface area contributed by atoms with Gasteiger partial charge in [-0.3, -0.25) is 9.59 Å². The largest absolute Gasteiger partial charge is 0.324 e. The van der Waals surface area contributed by atoms with Gasteiger partial charge < -0.3 is 10.2 Å². The van der Waals surface area contributed by atoms with Crippen molar-refractivity contribution < 1.29 is 18.0 Å². The second-order valence-corrected chi connectivity index (χ2v) is 10.3. The Morgan fingerprint density at radius 2 is 1.86 bits per heavy atom. The molecule has 28 heavy (non-hydrogen) atoms. The van der Waals surface area contributed by atoms with Crippen molar-refractivity contribution in [2.45, 2.75) is 35.3 Å². The Balaban J connectivity index is 1.70. The van der Waals surface area contributed by atoms with Crippen LogP contribution in [0.2, 0.25) is 0 Å². The minimum Gasteiger partial charge on any atom is -0.324 e. The van der Waals surface area contributed by atoms with Crippen molar-refractivity contribution in [1.29, 1.82) is 0 Å². The first-order valence-corrected chi connectivity index (χ1v) is 11.4. The summed E-state index contributed by atoms with van der Waals surface area (Å²) in [4.78, 5) is 26.6. The Labute approximate surface area is 169 Å². The number of amides is 2. The summed E-state index contributed by atoms with van der Waals surface area (Å²) >= 11 is 1.39. The summed E-state index contributed by atoms with van der Waals surface area (Å²) in [5.41, 5.74) is 2.30. The van der Waals surface area contributed by atoms with E-state index in [0.29, 0.717) is 5.69 Å². The van der Waals surface area contributed by atoms with Gasteiger partial charge in [-0.2, -0.15) is 0 Å². The highest BCUT2D eigenvalue weighted by atomic mass is 32.2. The van der Waals surface area contributed by atoms with Crippen LogP contribution in [0.5, 0.6) is 0 Å². The molecule has 0 radical (unpaired) electrons. The first-order valence-electron chi connectivity index (χ1n) is 8.85. The predicted octanol–water partition coefficient (Wildman–Crippen LogP) is 3.25. The van der Waals surface area contributed by atoms with Crippen molar-refractivity contribution in [2.24, 2.45) is 0 Å². The van der Waals surface area contributed by atoms with Gasteiger partial charge in [0.25, 0.3) is 0 Å². The average molecular weight is 419 g/mol. The molecule has 8 heteroatoms. The van der Waals surface area contributed by atoms with E-state index in [1.165, 1.54) is 28.8 Å². The molecule has 0 fully saturated rings. The number of fused-ring (bicyclic) bond motifs is 1. The number of hydrogen-bond acceptors (Lipinski definition) is 5. The van der Waals surface area contributed by atoms with Crippen LogP contribution in [0.4, 0.5) is 11.4 Å². The van der Waals surface area contributed by atoms with Gasteiger partial charge in [-0.25, -0.2) is 8.42 Å². The summed E-state index contributed by atoms with van der Waals surface area (Å²) in [5.74, 6) is -0.719. The van der Waals surface area contributed by atoms with E-state index in [-0.39, 0.29) is 34.1 Å². The van der Waals surface area contributed by atoms with E-state index in [9.17, 15) is 18.0 Å². The number of sulfone groups is 1. The lowest BCUT2D eigenvalue weighted by atomic mass is 10.2. The highest BCUT2D eigenvalue weighted by Crippen LogP contribution is 2.36. The van der Waals surface area contributed by atoms with E-state index >= 15 is 0 Å². The molecule has 1 aliphatic heterocycles. The maximum atomic E-state index is 12.7. The van der Waals surface area contributed by atoms with Gasteiger partial charge in [-0.15, -0.1) is 11.8 Å². The fraction of sp³-hybridized carbons (Fsp3) is 0.300. The topological polar surface area (TPSA) is 83.6 Å². The molecule has 1 atom stereocenters. The number of benzene rings is 2. The Morgan fingerprint density at radius 1 is 1.18 bits per heavy atom. The van der Waals surface area contributed by atoms with Crippen LogP contribution in [0.25, 0.3) is 0 Å². The van der Waals surface area contributed by atoms with E-state index in [4.69, 9.17) is 0 Å². The fourth-order valence-electron chi connectivity index (χ4n) is 2.80. The summed E-state index contributed by atoms with van der Waals surface area (Å²) in [5, 5.41) is 2.51. The van der Waals surface area contributed by atoms with Crippen molar-refractivity contribution in [3.05, 3.63) is 48.0 Å². The maximum absolute atomic E-state index is 12.7.